The van der Waals surface area contributed by atoms with Crippen LogP contribution < -0.4 is 5.32 Å². The zero-order valence-corrected chi connectivity index (χ0v) is 10.4. The van der Waals surface area contributed by atoms with Crippen molar-refractivity contribution >= 4 is 29.6 Å². The molecule has 1 atom stereocenters. The third-order valence-electron chi connectivity index (χ3n) is 2.42. The van der Waals surface area contributed by atoms with Crippen molar-refractivity contribution in [2.75, 3.05) is 18.6 Å². The number of nitrogens with zero attached hydrogens (tertiary/aromatic N) is 1. The summed E-state index contributed by atoms with van der Waals surface area (Å²) in [5.74, 6) is -1.20. The molecule has 7 heteroatoms. The first kappa shape index (κ1) is 14.0. The molecule has 4 amide bonds. The van der Waals surface area contributed by atoms with Crippen molar-refractivity contribution in [1.29, 1.82) is 0 Å². The lowest BCUT2D eigenvalue weighted by Gasteiger charge is -2.26. The normalized spacial score (nSPS) is 20.7. The molecule has 96 valence electrons. The van der Waals surface area contributed by atoms with Crippen LogP contribution >= 0.6 is 11.8 Å². The molecule has 1 aliphatic heterocycles. The van der Waals surface area contributed by atoms with E-state index in [2.05, 4.69) is 0 Å². The second-order valence-electron chi connectivity index (χ2n) is 3.70. The lowest BCUT2D eigenvalue weighted by atomic mass is 10.2. The number of thioether (sulfide) groups is 1. The zero-order chi connectivity index (χ0) is 12.8. The highest BCUT2D eigenvalue weighted by molar-refractivity contribution is 7.98. The molecule has 0 saturated carbocycles. The summed E-state index contributed by atoms with van der Waals surface area (Å²) in [6.07, 6.45) is 2.23. The number of amides is 4. The van der Waals surface area contributed by atoms with E-state index in [4.69, 9.17) is 0 Å². The molecular formula is C10H15FN2O3S. The Bertz CT molecular complexity index is 325. The fraction of sp³-hybridized carbons (Fsp3) is 0.700. The van der Waals surface area contributed by atoms with Crippen LogP contribution in [-0.4, -0.2) is 47.5 Å². The summed E-state index contributed by atoms with van der Waals surface area (Å²) in [7, 11) is 0. The van der Waals surface area contributed by atoms with Crippen LogP contribution in [0, 0.1) is 0 Å². The highest BCUT2D eigenvalue weighted by Crippen LogP contribution is 2.10. The lowest BCUT2D eigenvalue weighted by molar-refractivity contribution is -0.143. The van der Waals surface area contributed by atoms with Crippen molar-refractivity contribution in [1.82, 2.24) is 10.2 Å². The van der Waals surface area contributed by atoms with Gasteiger partial charge in [0.2, 0.25) is 0 Å². The van der Waals surface area contributed by atoms with Gasteiger partial charge in [-0.05, 0) is 24.9 Å². The number of halogens is 1. The number of carbonyl (C=O) groups is 3. The summed E-state index contributed by atoms with van der Waals surface area (Å²) < 4.78 is 13.1. The van der Waals surface area contributed by atoms with Gasteiger partial charge in [0, 0.05) is 6.54 Å². The number of alkyl halides is 1. The van der Waals surface area contributed by atoms with Gasteiger partial charge < -0.3 is 0 Å². The fourth-order valence-corrected chi connectivity index (χ4v) is 1.98. The van der Waals surface area contributed by atoms with E-state index in [1.165, 1.54) is 0 Å². The first-order valence-electron chi connectivity index (χ1n) is 5.37. The maximum atomic E-state index is 13.1. The van der Waals surface area contributed by atoms with Crippen molar-refractivity contribution in [2.45, 2.75) is 25.4 Å². The molecule has 0 aromatic heterocycles. The number of rotatable bonds is 6. The Balaban J connectivity index is 2.39. The number of hydrogen-bond donors (Lipinski definition) is 1. The van der Waals surface area contributed by atoms with E-state index in [1.807, 2.05) is 11.6 Å². The molecule has 0 aromatic rings. The van der Waals surface area contributed by atoms with Gasteiger partial charge in [-0.2, -0.15) is 11.8 Å². The predicted molar refractivity (Wildman–Crippen MR) is 62.4 cm³/mol. The van der Waals surface area contributed by atoms with Crippen LogP contribution in [-0.2, 0) is 9.59 Å². The fourth-order valence-electron chi connectivity index (χ4n) is 1.49. The Kier molecular flexibility index (Phi) is 5.40. The smallest absolute Gasteiger partial charge is 0.275 e. The zero-order valence-electron chi connectivity index (χ0n) is 9.57. The molecule has 0 aromatic carbocycles. The van der Waals surface area contributed by atoms with Crippen LogP contribution in [0.15, 0.2) is 0 Å². The quantitative estimate of drug-likeness (QED) is 0.571. The minimum absolute atomic E-state index is 0.159. The SMILES string of the molecule is CSCCCCCN1C(=O)NC(=O)C(F)C1=O. The van der Waals surface area contributed by atoms with Gasteiger partial charge in [-0.1, -0.05) is 6.42 Å². The van der Waals surface area contributed by atoms with Crippen LogP contribution in [0.3, 0.4) is 0 Å². The molecule has 1 saturated heterocycles. The molecule has 1 rings (SSSR count). The maximum Gasteiger partial charge on any atom is 0.330 e. The second-order valence-corrected chi connectivity index (χ2v) is 4.69. The molecule has 1 fully saturated rings. The standard InChI is InChI=1S/C10H15FN2O3S/c1-17-6-4-2-3-5-13-9(15)7(11)8(14)12-10(13)16/h7H,2-6H2,1H3,(H,12,14,16). The van der Waals surface area contributed by atoms with Gasteiger partial charge in [-0.15, -0.1) is 0 Å². The third-order valence-corrected chi connectivity index (χ3v) is 3.12. The summed E-state index contributed by atoms with van der Waals surface area (Å²) in [6.45, 7) is 0.159. The molecule has 1 aliphatic rings. The number of hydrogen-bond acceptors (Lipinski definition) is 4. The summed E-state index contributed by atoms with van der Waals surface area (Å²) in [6, 6.07) is -0.821. The van der Waals surface area contributed by atoms with E-state index in [-0.39, 0.29) is 6.54 Å². The van der Waals surface area contributed by atoms with Gasteiger partial charge in [0.1, 0.15) is 0 Å². The number of urea groups is 1. The molecule has 1 unspecified atom stereocenters. The van der Waals surface area contributed by atoms with Gasteiger partial charge in [-0.25, -0.2) is 9.18 Å². The number of imide groups is 2. The highest BCUT2D eigenvalue weighted by Gasteiger charge is 2.40. The summed E-state index contributed by atoms with van der Waals surface area (Å²) in [5, 5.41) is 1.81. The Hall–Kier alpha value is -1.11. The summed E-state index contributed by atoms with van der Waals surface area (Å²) >= 11 is 1.72. The summed E-state index contributed by atoms with van der Waals surface area (Å²) in [5.41, 5.74) is 0. The van der Waals surface area contributed by atoms with E-state index < -0.39 is 24.0 Å². The maximum absolute atomic E-state index is 13.1. The molecule has 0 bridgehead atoms. The van der Waals surface area contributed by atoms with Crippen molar-refractivity contribution in [3.8, 4) is 0 Å². The van der Waals surface area contributed by atoms with Crippen LogP contribution in [0.25, 0.3) is 0 Å². The molecular weight excluding hydrogens is 247 g/mol. The minimum Gasteiger partial charge on any atom is -0.275 e. The topological polar surface area (TPSA) is 66.5 Å². The largest absolute Gasteiger partial charge is 0.330 e. The first-order valence-corrected chi connectivity index (χ1v) is 6.76. The van der Waals surface area contributed by atoms with Gasteiger partial charge in [0.05, 0.1) is 0 Å². The van der Waals surface area contributed by atoms with Gasteiger partial charge >= 0.3 is 6.03 Å². The van der Waals surface area contributed by atoms with Crippen LogP contribution in [0.1, 0.15) is 19.3 Å². The highest BCUT2D eigenvalue weighted by atomic mass is 32.2. The Morgan fingerprint density at radius 3 is 2.65 bits per heavy atom. The van der Waals surface area contributed by atoms with E-state index >= 15 is 0 Å². The Labute approximate surface area is 103 Å². The molecule has 17 heavy (non-hydrogen) atoms. The van der Waals surface area contributed by atoms with E-state index in [0.29, 0.717) is 6.42 Å². The number of carbonyl (C=O) groups excluding carboxylic acids is 3. The molecule has 5 nitrogen and oxygen atoms in total. The van der Waals surface area contributed by atoms with Crippen LogP contribution in [0.5, 0.6) is 0 Å². The number of barbiturate groups is 1. The molecule has 0 aliphatic carbocycles. The van der Waals surface area contributed by atoms with Gasteiger partial charge in [-0.3, -0.25) is 19.8 Å². The van der Waals surface area contributed by atoms with Crippen LogP contribution in [0.4, 0.5) is 9.18 Å². The van der Waals surface area contributed by atoms with E-state index in [9.17, 15) is 18.8 Å². The number of nitrogens with one attached hydrogen (secondary N) is 1. The van der Waals surface area contributed by atoms with E-state index in [0.717, 1.165) is 23.5 Å². The molecule has 0 spiro atoms. The minimum atomic E-state index is -2.25. The summed E-state index contributed by atoms with van der Waals surface area (Å²) in [4.78, 5) is 34.2. The lowest BCUT2D eigenvalue weighted by Crippen LogP contribution is -2.59. The second kappa shape index (κ2) is 6.58. The Morgan fingerprint density at radius 1 is 1.29 bits per heavy atom. The van der Waals surface area contributed by atoms with Crippen molar-refractivity contribution in [3.05, 3.63) is 0 Å². The first-order chi connectivity index (χ1) is 8.07. The van der Waals surface area contributed by atoms with Gasteiger partial charge in [0.25, 0.3) is 18.0 Å². The van der Waals surface area contributed by atoms with Crippen molar-refractivity contribution in [2.24, 2.45) is 0 Å². The predicted octanol–water partition coefficient (Wildman–Crippen LogP) is 0.936. The molecule has 0 radical (unpaired) electrons. The van der Waals surface area contributed by atoms with Crippen LogP contribution in [0.2, 0.25) is 0 Å². The monoisotopic (exact) mass is 262 g/mol. The molecule has 1 heterocycles. The average molecular weight is 262 g/mol. The number of unbranched alkanes of at least 4 members (excludes halogenated alkanes) is 2. The van der Waals surface area contributed by atoms with Gasteiger partial charge in [0.15, 0.2) is 0 Å². The average Bonchev–Trinajstić information content (AvgIpc) is 2.30. The third kappa shape index (κ3) is 3.69. The van der Waals surface area contributed by atoms with Crippen molar-refractivity contribution < 1.29 is 18.8 Å². The van der Waals surface area contributed by atoms with Crippen molar-refractivity contribution in [3.63, 3.8) is 0 Å². The van der Waals surface area contributed by atoms with E-state index in [1.54, 1.807) is 11.8 Å². The molecule has 1 N–H and O–H groups in total. The Morgan fingerprint density at radius 2 is 2.00 bits per heavy atom.